The van der Waals surface area contributed by atoms with Gasteiger partial charge in [0, 0.05) is 18.0 Å². The Labute approximate surface area is 146 Å². The number of aromatic nitrogens is 1. The molecule has 0 aliphatic heterocycles. The minimum absolute atomic E-state index is 0.267. The number of hydrogen-bond acceptors (Lipinski definition) is 4. The number of benzene rings is 2. The number of thiazole rings is 1. The Balaban J connectivity index is 1.80. The molecule has 4 nitrogen and oxygen atoms in total. The molecule has 6 heteroatoms. The smallest absolute Gasteiger partial charge is 0.261 e. The lowest BCUT2D eigenvalue weighted by atomic mass is 10.1. The zero-order valence-electron chi connectivity index (χ0n) is 13.3. The summed E-state index contributed by atoms with van der Waals surface area (Å²) < 4.78 is 27.9. The van der Waals surface area contributed by atoms with Crippen molar-refractivity contribution >= 4 is 27.0 Å². The number of aryl methyl sites for hydroxylation is 3. The van der Waals surface area contributed by atoms with E-state index >= 15 is 0 Å². The molecule has 2 aromatic carbocycles. The van der Waals surface area contributed by atoms with Crippen LogP contribution in [0.4, 0.5) is 5.69 Å². The lowest BCUT2D eigenvalue weighted by molar-refractivity contribution is 0.601. The molecule has 24 heavy (non-hydrogen) atoms. The summed E-state index contributed by atoms with van der Waals surface area (Å²) in [4.78, 5) is 4.54. The van der Waals surface area contributed by atoms with E-state index in [1.807, 2.05) is 30.5 Å². The number of sulfonamides is 1. The molecule has 0 fully saturated rings. The largest absolute Gasteiger partial charge is 0.279 e. The predicted octanol–water partition coefficient (Wildman–Crippen LogP) is 4.04. The van der Waals surface area contributed by atoms with Crippen LogP contribution in [0.3, 0.4) is 0 Å². The maximum absolute atomic E-state index is 12.6. The predicted molar refractivity (Wildman–Crippen MR) is 98.0 cm³/mol. The van der Waals surface area contributed by atoms with Crippen molar-refractivity contribution in [3.05, 3.63) is 76.2 Å². The van der Waals surface area contributed by atoms with Gasteiger partial charge in [-0.1, -0.05) is 35.9 Å². The van der Waals surface area contributed by atoms with Crippen molar-refractivity contribution in [2.45, 2.75) is 24.7 Å². The zero-order valence-corrected chi connectivity index (χ0v) is 14.9. The Hall–Kier alpha value is -2.18. The van der Waals surface area contributed by atoms with Crippen LogP contribution in [0.5, 0.6) is 0 Å². The molecule has 0 saturated heterocycles. The quantitative estimate of drug-likeness (QED) is 0.723. The van der Waals surface area contributed by atoms with Gasteiger partial charge in [-0.25, -0.2) is 13.4 Å². The van der Waals surface area contributed by atoms with E-state index in [1.165, 1.54) is 0 Å². The maximum Gasteiger partial charge on any atom is 0.261 e. The Morgan fingerprint density at radius 3 is 2.50 bits per heavy atom. The molecule has 0 radical (unpaired) electrons. The van der Waals surface area contributed by atoms with Gasteiger partial charge in [0.15, 0.2) is 0 Å². The third-order valence-corrected chi connectivity index (χ3v) is 5.91. The molecule has 3 aromatic rings. The van der Waals surface area contributed by atoms with Gasteiger partial charge < -0.3 is 0 Å². The van der Waals surface area contributed by atoms with E-state index in [2.05, 4.69) is 9.71 Å². The maximum atomic E-state index is 12.6. The summed E-state index contributed by atoms with van der Waals surface area (Å²) in [5, 5.41) is 2.99. The van der Waals surface area contributed by atoms with Gasteiger partial charge in [-0.2, -0.15) is 0 Å². The third-order valence-electron chi connectivity index (χ3n) is 3.68. The van der Waals surface area contributed by atoms with E-state index < -0.39 is 10.0 Å². The molecule has 0 unspecified atom stereocenters. The number of rotatable bonds is 6. The summed E-state index contributed by atoms with van der Waals surface area (Å²) in [6.07, 6.45) is 3.31. The van der Waals surface area contributed by atoms with E-state index in [0.717, 1.165) is 29.0 Å². The van der Waals surface area contributed by atoms with Crippen molar-refractivity contribution in [3.63, 3.8) is 0 Å². The molecule has 0 aliphatic rings. The Bertz CT molecular complexity index is 902. The fraction of sp³-hybridized carbons (Fsp3) is 0.167. The van der Waals surface area contributed by atoms with Gasteiger partial charge in [-0.15, -0.1) is 11.3 Å². The van der Waals surface area contributed by atoms with Crippen LogP contribution in [0.25, 0.3) is 0 Å². The number of hydrogen-bond donors (Lipinski definition) is 1. The van der Waals surface area contributed by atoms with Crippen LogP contribution >= 0.6 is 11.3 Å². The fourth-order valence-electron chi connectivity index (χ4n) is 2.38. The van der Waals surface area contributed by atoms with Crippen molar-refractivity contribution in [2.75, 3.05) is 4.72 Å². The van der Waals surface area contributed by atoms with Crippen LogP contribution in [0.1, 0.15) is 16.1 Å². The van der Waals surface area contributed by atoms with Crippen LogP contribution in [-0.2, 0) is 22.9 Å². The molecule has 1 N–H and O–H groups in total. The highest BCUT2D eigenvalue weighted by atomic mass is 32.2. The lowest BCUT2D eigenvalue weighted by Gasteiger charge is -2.12. The summed E-state index contributed by atoms with van der Waals surface area (Å²) in [7, 11) is -3.59. The molecule has 0 aliphatic carbocycles. The number of nitrogens with one attached hydrogen (secondary N) is 1. The highest BCUT2D eigenvalue weighted by molar-refractivity contribution is 7.92. The van der Waals surface area contributed by atoms with E-state index in [4.69, 9.17) is 0 Å². The van der Waals surface area contributed by atoms with Crippen molar-refractivity contribution in [1.29, 1.82) is 0 Å². The highest BCUT2D eigenvalue weighted by Gasteiger charge is 2.15. The van der Waals surface area contributed by atoms with E-state index in [-0.39, 0.29) is 4.90 Å². The molecule has 124 valence electrons. The first kappa shape index (κ1) is 16.7. The standard InChI is InChI=1S/C18H18N2O2S2/c1-14-6-9-16(10-7-14)24(21,22)20-17-5-3-2-4-15(17)8-11-18-19-12-13-23-18/h2-7,9-10,12-13,20H,8,11H2,1H3. The summed E-state index contributed by atoms with van der Waals surface area (Å²) in [6.45, 7) is 1.93. The van der Waals surface area contributed by atoms with E-state index in [1.54, 1.807) is 47.9 Å². The third kappa shape index (κ3) is 4.01. The summed E-state index contributed by atoms with van der Waals surface area (Å²) >= 11 is 1.61. The second kappa shape index (κ2) is 7.15. The molecule has 3 rings (SSSR count). The molecule has 0 saturated carbocycles. The van der Waals surface area contributed by atoms with Crippen molar-refractivity contribution < 1.29 is 8.42 Å². The Morgan fingerprint density at radius 1 is 1.04 bits per heavy atom. The zero-order chi connectivity index (χ0) is 17.0. The van der Waals surface area contributed by atoms with Crippen LogP contribution in [0.2, 0.25) is 0 Å². The topological polar surface area (TPSA) is 59.1 Å². The second-order valence-corrected chi connectivity index (χ2v) is 8.16. The number of para-hydroxylation sites is 1. The van der Waals surface area contributed by atoms with Gasteiger partial charge in [0.25, 0.3) is 10.0 Å². The van der Waals surface area contributed by atoms with Gasteiger partial charge >= 0.3 is 0 Å². The SMILES string of the molecule is Cc1ccc(S(=O)(=O)Nc2ccccc2CCc2nccs2)cc1. The van der Waals surface area contributed by atoms with Gasteiger partial charge in [-0.3, -0.25) is 4.72 Å². The number of anilines is 1. The van der Waals surface area contributed by atoms with Crippen molar-refractivity contribution in [1.82, 2.24) is 4.98 Å². The van der Waals surface area contributed by atoms with Crippen LogP contribution in [0.15, 0.2) is 65.0 Å². The Morgan fingerprint density at radius 2 is 1.79 bits per heavy atom. The van der Waals surface area contributed by atoms with Crippen LogP contribution in [0, 0.1) is 6.92 Å². The average Bonchev–Trinajstić information content (AvgIpc) is 3.07. The van der Waals surface area contributed by atoms with Crippen LogP contribution < -0.4 is 4.72 Å². The second-order valence-electron chi connectivity index (χ2n) is 5.50. The van der Waals surface area contributed by atoms with Gasteiger partial charge in [0.05, 0.1) is 15.6 Å². The molecule has 0 bridgehead atoms. The van der Waals surface area contributed by atoms with Gasteiger partial charge in [0.2, 0.25) is 0 Å². The monoisotopic (exact) mass is 358 g/mol. The molecule has 0 spiro atoms. The average molecular weight is 358 g/mol. The molecule has 1 heterocycles. The summed E-state index contributed by atoms with van der Waals surface area (Å²) in [5.41, 5.74) is 2.61. The summed E-state index contributed by atoms with van der Waals surface area (Å²) in [6, 6.07) is 14.3. The summed E-state index contributed by atoms with van der Waals surface area (Å²) in [5.74, 6) is 0. The minimum Gasteiger partial charge on any atom is -0.279 e. The highest BCUT2D eigenvalue weighted by Crippen LogP contribution is 2.22. The molecule has 0 amide bonds. The first-order valence-corrected chi connectivity index (χ1v) is 9.97. The molecular formula is C18H18N2O2S2. The van der Waals surface area contributed by atoms with Crippen LogP contribution in [-0.4, -0.2) is 13.4 Å². The number of nitrogens with zero attached hydrogens (tertiary/aromatic N) is 1. The van der Waals surface area contributed by atoms with Gasteiger partial charge in [-0.05, 0) is 37.1 Å². The first-order valence-electron chi connectivity index (χ1n) is 7.60. The van der Waals surface area contributed by atoms with Crippen molar-refractivity contribution in [3.8, 4) is 0 Å². The fourth-order valence-corrected chi connectivity index (χ4v) is 4.10. The van der Waals surface area contributed by atoms with E-state index in [9.17, 15) is 8.42 Å². The molecular weight excluding hydrogens is 340 g/mol. The van der Waals surface area contributed by atoms with E-state index in [0.29, 0.717) is 5.69 Å². The minimum atomic E-state index is -3.59. The normalized spacial score (nSPS) is 11.4. The first-order chi connectivity index (χ1) is 11.5. The van der Waals surface area contributed by atoms with Crippen molar-refractivity contribution in [2.24, 2.45) is 0 Å². The molecule has 1 aromatic heterocycles. The van der Waals surface area contributed by atoms with Gasteiger partial charge in [0.1, 0.15) is 0 Å². The lowest BCUT2D eigenvalue weighted by Crippen LogP contribution is -2.14. The molecule has 0 atom stereocenters. The Kier molecular flexibility index (Phi) is 4.97.